The maximum atomic E-state index is 6.33. The second-order valence-corrected chi connectivity index (χ2v) is 9.61. The number of halogens is 1. The molecule has 0 amide bonds. The molecule has 4 heteroatoms. The minimum Gasteiger partial charge on any atom is -0.340 e. The van der Waals surface area contributed by atoms with Crippen molar-refractivity contribution in [3.05, 3.63) is 47.0 Å². The lowest BCUT2D eigenvalue weighted by Crippen LogP contribution is -2.39. The van der Waals surface area contributed by atoms with Gasteiger partial charge in [-0.3, -0.25) is 4.90 Å². The summed E-state index contributed by atoms with van der Waals surface area (Å²) in [6, 6.07) is 13.0. The minimum absolute atomic E-state index is 0.355. The smallest absolute Gasteiger partial charge is 0.0567 e. The second kappa shape index (κ2) is 7.10. The summed E-state index contributed by atoms with van der Waals surface area (Å²) in [5.74, 6) is 0. The monoisotopic (exact) mass is 386 g/mol. The van der Waals surface area contributed by atoms with Crippen LogP contribution in [-0.4, -0.2) is 30.1 Å². The first-order chi connectivity index (χ1) is 12.4. The Balaban J connectivity index is 1.58. The summed E-state index contributed by atoms with van der Waals surface area (Å²) in [5, 5.41) is 0.811. The van der Waals surface area contributed by atoms with Gasteiger partial charge in [0, 0.05) is 33.4 Å². The van der Waals surface area contributed by atoms with E-state index in [0.29, 0.717) is 5.54 Å². The molecule has 0 N–H and O–H groups in total. The quantitative estimate of drug-likeness (QED) is 0.590. The van der Waals surface area contributed by atoms with E-state index in [0.717, 1.165) is 24.5 Å². The summed E-state index contributed by atoms with van der Waals surface area (Å²) in [5.41, 5.74) is 4.24. The van der Waals surface area contributed by atoms with E-state index in [1.165, 1.54) is 46.1 Å². The predicted octanol–water partition coefficient (Wildman–Crippen LogP) is 6.52. The van der Waals surface area contributed by atoms with Crippen LogP contribution < -0.4 is 4.90 Å². The van der Waals surface area contributed by atoms with Gasteiger partial charge in [0.25, 0.3) is 0 Å². The zero-order chi connectivity index (χ0) is 18.3. The number of hydrogen-bond donors (Lipinski definition) is 0. The molecule has 0 saturated carbocycles. The lowest BCUT2D eigenvalue weighted by Gasteiger charge is -2.35. The average molecular weight is 387 g/mol. The van der Waals surface area contributed by atoms with Crippen LogP contribution in [0.15, 0.2) is 46.2 Å². The van der Waals surface area contributed by atoms with Crippen molar-refractivity contribution in [2.75, 3.05) is 24.5 Å². The van der Waals surface area contributed by atoms with Crippen LogP contribution in [-0.2, 0) is 0 Å². The molecule has 26 heavy (non-hydrogen) atoms. The van der Waals surface area contributed by atoms with Gasteiger partial charge in [-0.05, 0) is 82.5 Å². The summed E-state index contributed by atoms with van der Waals surface area (Å²) < 4.78 is 0. The molecule has 2 heterocycles. The zero-order valence-corrected chi connectivity index (χ0v) is 17.5. The molecule has 0 atom stereocenters. The predicted molar refractivity (Wildman–Crippen MR) is 113 cm³/mol. The van der Waals surface area contributed by atoms with Crippen molar-refractivity contribution in [3.8, 4) is 0 Å². The molecular formula is C22H27ClN2S. The number of likely N-dealkylation sites (tertiary alicyclic amines) is 1. The first-order valence-electron chi connectivity index (χ1n) is 9.55. The van der Waals surface area contributed by atoms with Crippen LogP contribution in [0.3, 0.4) is 0 Å². The average Bonchev–Trinajstić information content (AvgIpc) is 2.93. The standard InChI is InChI=1S/C22H27ClN2S/c1-16-6-8-20-18(14-16)25(19-15-17(23)7-9-21(19)26-20)13-5-12-24-11-4-10-22(24,2)3/h6-9,14-15H,4-5,10-13H2,1-3H3. The summed E-state index contributed by atoms with van der Waals surface area (Å²) in [4.78, 5) is 7.77. The molecule has 2 aliphatic heterocycles. The van der Waals surface area contributed by atoms with E-state index in [-0.39, 0.29) is 0 Å². The Bertz CT molecular complexity index is 766. The highest BCUT2D eigenvalue weighted by Crippen LogP contribution is 2.49. The van der Waals surface area contributed by atoms with Crippen molar-refractivity contribution < 1.29 is 0 Å². The number of benzene rings is 2. The van der Waals surface area contributed by atoms with E-state index >= 15 is 0 Å². The number of nitrogens with zero attached hydrogens (tertiary/aromatic N) is 2. The molecule has 0 spiro atoms. The summed E-state index contributed by atoms with van der Waals surface area (Å²) in [6.45, 7) is 10.4. The number of anilines is 2. The van der Waals surface area contributed by atoms with E-state index in [2.05, 4.69) is 60.9 Å². The molecule has 2 aromatic carbocycles. The van der Waals surface area contributed by atoms with E-state index < -0.39 is 0 Å². The van der Waals surface area contributed by atoms with E-state index in [9.17, 15) is 0 Å². The van der Waals surface area contributed by atoms with E-state index in [4.69, 9.17) is 11.6 Å². The minimum atomic E-state index is 0.355. The molecule has 0 aromatic heterocycles. The molecule has 4 rings (SSSR count). The summed E-state index contributed by atoms with van der Waals surface area (Å²) >= 11 is 8.18. The Hall–Kier alpha value is -1.16. The largest absolute Gasteiger partial charge is 0.340 e. The Labute approximate surface area is 166 Å². The number of aryl methyl sites for hydroxylation is 1. The lowest BCUT2D eigenvalue weighted by atomic mass is 10.0. The molecular weight excluding hydrogens is 360 g/mol. The van der Waals surface area contributed by atoms with Crippen molar-refractivity contribution in [1.29, 1.82) is 0 Å². The Morgan fingerprint density at radius 3 is 2.50 bits per heavy atom. The van der Waals surface area contributed by atoms with Gasteiger partial charge in [0.15, 0.2) is 0 Å². The SMILES string of the molecule is Cc1ccc2c(c1)N(CCCN1CCCC1(C)C)c1cc(Cl)ccc1S2. The van der Waals surface area contributed by atoms with Crippen LogP contribution in [0.5, 0.6) is 0 Å². The third-order valence-corrected chi connectivity index (χ3v) is 7.08. The normalized spacial score (nSPS) is 18.7. The van der Waals surface area contributed by atoms with Gasteiger partial charge < -0.3 is 4.90 Å². The van der Waals surface area contributed by atoms with Crippen molar-refractivity contribution in [1.82, 2.24) is 4.90 Å². The maximum absolute atomic E-state index is 6.33. The number of rotatable bonds is 4. The fourth-order valence-electron chi connectivity index (χ4n) is 4.20. The number of hydrogen-bond acceptors (Lipinski definition) is 3. The number of fused-ring (bicyclic) bond motifs is 2. The highest BCUT2D eigenvalue weighted by atomic mass is 35.5. The van der Waals surface area contributed by atoms with Gasteiger partial charge in [0.1, 0.15) is 0 Å². The van der Waals surface area contributed by atoms with Crippen molar-refractivity contribution in [3.63, 3.8) is 0 Å². The molecule has 0 aliphatic carbocycles. The van der Waals surface area contributed by atoms with Gasteiger partial charge in [-0.15, -0.1) is 0 Å². The lowest BCUT2D eigenvalue weighted by molar-refractivity contribution is 0.174. The first-order valence-corrected chi connectivity index (χ1v) is 10.7. The highest BCUT2D eigenvalue weighted by molar-refractivity contribution is 7.99. The topological polar surface area (TPSA) is 6.48 Å². The first kappa shape index (κ1) is 18.2. The van der Waals surface area contributed by atoms with Crippen LogP contribution in [0.25, 0.3) is 0 Å². The van der Waals surface area contributed by atoms with Gasteiger partial charge in [0.05, 0.1) is 11.4 Å². The van der Waals surface area contributed by atoms with Gasteiger partial charge >= 0.3 is 0 Å². The van der Waals surface area contributed by atoms with Gasteiger partial charge in [-0.25, -0.2) is 0 Å². The molecule has 2 aromatic rings. The van der Waals surface area contributed by atoms with Crippen molar-refractivity contribution in [2.45, 2.75) is 55.4 Å². The van der Waals surface area contributed by atoms with Gasteiger partial charge in [0.2, 0.25) is 0 Å². The van der Waals surface area contributed by atoms with Crippen LogP contribution in [0.2, 0.25) is 5.02 Å². The van der Waals surface area contributed by atoms with Crippen molar-refractivity contribution >= 4 is 34.7 Å². The Morgan fingerprint density at radius 1 is 1.04 bits per heavy atom. The molecule has 0 bridgehead atoms. The van der Waals surface area contributed by atoms with Crippen molar-refractivity contribution in [2.24, 2.45) is 0 Å². The van der Waals surface area contributed by atoms with Crippen LogP contribution in [0, 0.1) is 6.92 Å². The van der Waals surface area contributed by atoms with Gasteiger partial charge in [-0.2, -0.15) is 0 Å². The van der Waals surface area contributed by atoms with E-state index in [1.807, 2.05) is 17.8 Å². The van der Waals surface area contributed by atoms with Gasteiger partial charge in [-0.1, -0.05) is 29.4 Å². The van der Waals surface area contributed by atoms with Crippen LogP contribution >= 0.6 is 23.4 Å². The fraction of sp³-hybridized carbons (Fsp3) is 0.455. The molecule has 0 radical (unpaired) electrons. The molecule has 0 unspecified atom stereocenters. The Kier molecular flexibility index (Phi) is 4.98. The molecule has 138 valence electrons. The highest BCUT2D eigenvalue weighted by Gasteiger charge is 2.31. The summed E-state index contributed by atoms with van der Waals surface area (Å²) in [6.07, 6.45) is 3.80. The second-order valence-electron chi connectivity index (χ2n) is 8.09. The third kappa shape index (κ3) is 3.49. The zero-order valence-electron chi connectivity index (χ0n) is 15.9. The summed E-state index contributed by atoms with van der Waals surface area (Å²) in [7, 11) is 0. The van der Waals surface area contributed by atoms with Crippen LogP contribution in [0.1, 0.15) is 38.7 Å². The fourth-order valence-corrected chi connectivity index (χ4v) is 5.42. The third-order valence-electron chi connectivity index (χ3n) is 5.72. The molecule has 1 fully saturated rings. The molecule has 2 aliphatic rings. The van der Waals surface area contributed by atoms with Crippen LogP contribution in [0.4, 0.5) is 11.4 Å². The Morgan fingerprint density at radius 2 is 1.77 bits per heavy atom. The molecule has 2 nitrogen and oxygen atoms in total. The molecule has 1 saturated heterocycles. The maximum Gasteiger partial charge on any atom is 0.0567 e. The van der Waals surface area contributed by atoms with E-state index in [1.54, 1.807) is 0 Å².